The van der Waals surface area contributed by atoms with E-state index in [9.17, 15) is 0 Å². The molecule has 3 aromatic carbocycles. The summed E-state index contributed by atoms with van der Waals surface area (Å²) in [5.74, 6) is 1.67. The van der Waals surface area contributed by atoms with Gasteiger partial charge in [-0.15, -0.1) is 0 Å². The molecule has 2 aliphatic heterocycles. The standard InChI is InChI=1S/C32H33BO3/c1-6-7-8-9-15-23-32(24-17-11-10-12-18-24)25-19-13-14-22-28(25)34-29-26(32)20-16-21-27(29)33-35-30(2,3)31(4,5)36-33/h6-22H,1,23H2,2-5H3. The van der Waals surface area contributed by atoms with Gasteiger partial charge in [0.1, 0.15) is 11.5 Å². The van der Waals surface area contributed by atoms with E-state index in [2.05, 4.69) is 113 Å². The molecule has 36 heavy (non-hydrogen) atoms. The van der Waals surface area contributed by atoms with Crippen molar-refractivity contribution in [2.45, 2.75) is 50.7 Å². The van der Waals surface area contributed by atoms with Gasteiger partial charge in [0.05, 0.1) is 16.6 Å². The van der Waals surface area contributed by atoms with E-state index < -0.39 is 23.7 Å². The molecule has 182 valence electrons. The minimum atomic E-state index is -0.519. The Morgan fingerprint density at radius 2 is 1.42 bits per heavy atom. The van der Waals surface area contributed by atoms with Gasteiger partial charge in [-0.2, -0.15) is 0 Å². The zero-order valence-electron chi connectivity index (χ0n) is 21.5. The Morgan fingerprint density at radius 1 is 0.750 bits per heavy atom. The second-order valence-corrected chi connectivity index (χ2v) is 10.4. The third-order valence-electron chi connectivity index (χ3n) is 7.76. The molecule has 1 unspecified atom stereocenters. The smallest absolute Gasteiger partial charge is 0.457 e. The Morgan fingerprint density at radius 3 is 2.14 bits per heavy atom. The molecule has 0 radical (unpaired) electrons. The number of fused-ring (bicyclic) bond motifs is 2. The molecule has 2 aliphatic rings. The van der Waals surface area contributed by atoms with Crippen molar-refractivity contribution in [3.63, 3.8) is 0 Å². The number of rotatable bonds is 6. The van der Waals surface area contributed by atoms with Crippen molar-refractivity contribution in [2.75, 3.05) is 0 Å². The highest BCUT2D eigenvalue weighted by molar-refractivity contribution is 6.63. The van der Waals surface area contributed by atoms with Crippen LogP contribution in [0.4, 0.5) is 0 Å². The van der Waals surface area contributed by atoms with Gasteiger partial charge in [0, 0.05) is 16.6 Å². The average molecular weight is 476 g/mol. The van der Waals surface area contributed by atoms with Crippen molar-refractivity contribution in [1.29, 1.82) is 0 Å². The van der Waals surface area contributed by atoms with Gasteiger partial charge in [0.25, 0.3) is 0 Å². The Labute approximate surface area is 215 Å². The third kappa shape index (κ3) is 3.95. The first-order chi connectivity index (χ1) is 17.3. The molecule has 4 heteroatoms. The first-order valence-electron chi connectivity index (χ1n) is 12.6. The maximum atomic E-state index is 6.67. The molecular weight excluding hydrogens is 443 g/mol. The van der Waals surface area contributed by atoms with E-state index in [1.54, 1.807) is 6.08 Å². The maximum absolute atomic E-state index is 6.67. The lowest BCUT2D eigenvalue weighted by Gasteiger charge is -2.41. The topological polar surface area (TPSA) is 27.7 Å². The largest absolute Gasteiger partial charge is 0.498 e. The van der Waals surface area contributed by atoms with E-state index in [1.165, 1.54) is 5.56 Å². The summed E-state index contributed by atoms with van der Waals surface area (Å²) in [6.07, 6.45) is 10.8. The molecule has 1 atom stereocenters. The Bertz CT molecular complexity index is 1310. The van der Waals surface area contributed by atoms with Crippen LogP contribution in [0.1, 0.15) is 50.8 Å². The van der Waals surface area contributed by atoms with Crippen LogP contribution in [-0.2, 0) is 14.7 Å². The summed E-state index contributed by atoms with van der Waals surface area (Å²) in [5, 5.41) is 0. The molecule has 3 aromatic rings. The minimum Gasteiger partial charge on any atom is -0.457 e. The lowest BCUT2D eigenvalue weighted by molar-refractivity contribution is 0.00578. The first-order valence-corrected chi connectivity index (χ1v) is 12.6. The highest BCUT2D eigenvalue weighted by Gasteiger charge is 2.54. The monoisotopic (exact) mass is 476 g/mol. The van der Waals surface area contributed by atoms with Gasteiger partial charge in [0.15, 0.2) is 0 Å². The highest BCUT2D eigenvalue weighted by atomic mass is 16.7. The van der Waals surface area contributed by atoms with Crippen LogP contribution in [0.3, 0.4) is 0 Å². The summed E-state index contributed by atoms with van der Waals surface area (Å²) in [6, 6.07) is 25.4. The van der Waals surface area contributed by atoms with Crippen LogP contribution in [-0.4, -0.2) is 18.3 Å². The van der Waals surface area contributed by atoms with Crippen LogP contribution < -0.4 is 10.2 Å². The SMILES string of the molecule is C=CC=CC=CCC1(c2ccccc2)c2ccccc2Oc2c(B3OC(C)(C)C(C)(C)O3)cccc21. The number of hydrogen-bond acceptors (Lipinski definition) is 3. The molecular formula is C32H33BO3. The van der Waals surface area contributed by atoms with Crippen LogP contribution >= 0.6 is 0 Å². The van der Waals surface area contributed by atoms with Crippen molar-refractivity contribution < 1.29 is 14.0 Å². The molecule has 0 N–H and O–H groups in total. The number of benzene rings is 3. The zero-order chi connectivity index (χ0) is 25.4. The van der Waals surface area contributed by atoms with E-state index in [1.807, 2.05) is 18.2 Å². The second-order valence-electron chi connectivity index (χ2n) is 10.4. The fraction of sp³-hybridized carbons (Fsp3) is 0.250. The van der Waals surface area contributed by atoms with E-state index in [-0.39, 0.29) is 0 Å². The van der Waals surface area contributed by atoms with Crippen molar-refractivity contribution in [3.8, 4) is 11.5 Å². The van der Waals surface area contributed by atoms with Gasteiger partial charge in [-0.3, -0.25) is 0 Å². The van der Waals surface area contributed by atoms with Crippen molar-refractivity contribution in [2.24, 2.45) is 0 Å². The predicted molar refractivity (Wildman–Crippen MR) is 148 cm³/mol. The Hall–Kier alpha value is -3.34. The highest BCUT2D eigenvalue weighted by Crippen LogP contribution is 2.53. The lowest BCUT2D eigenvalue weighted by atomic mass is 9.63. The quantitative estimate of drug-likeness (QED) is 0.280. The Kier molecular flexibility index (Phi) is 6.28. The van der Waals surface area contributed by atoms with Gasteiger partial charge in [0.2, 0.25) is 0 Å². The van der Waals surface area contributed by atoms with Gasteiger partial charge in [-0.1, -0.05) is 104 Å². The number of hydrogen-bond donors (Lipinski definition) is 0. The molecule has 0 aromatic heterocycles. The van der Waals surface area contributed by atoms with E-state index in [4.69, 9.17) is 14.0 Å². The van der Waals surface area contributed by atoms with E-state index in [0.717, 1.165) is 34.5 Å². The van der Waals surface area contributed by atoms with Crippen LogP contribution in [0, 0.1) is 0 Å². The summed E-state index contributed by atoms with van der Waals surface area (Å²) < 4.78 is 19.6. The van der Waals surface area contributed by atoms with Crippen LogP contribution in [0.25, 0.3) is 0 Å². The zero-order valence-corrected chi connectivity index (χ0v) is 21.5. The predicted octanol–water partition coefficient (Wildman–Crippen LogP) is 7.11. The molecule has 2 heterocycles. The molecule has 1 fully saturated rings. The third-order valence-corrected chi connectivity index (χ3v) is 7.76. The summed E-state index contributed by atoms with van der Waals surface area (Å²) in [4.78, 5) is 0. The van der Waals surface area contributed by atoms with Crippen molar-refractivity contribution >= 4 is 12.6 Å². The van der Waals surface area contributed by atoms with Gasteiger partial charge >= 0.3 is 7.12 Å². The molecule has 0 bridgehead atoms. The normalized spacial score (nSPS) is 21.8. The first kappa shape index (κ1) is 24.4. The summed E-state index contributed by atoms with van der Waals surface area (Å²) in [6.45, 7) is 12.1. The number of allylic oxidation sites excluding steroid dienone is 5. The minimum absolute atomic E-state index is 0.441. The fourth-order valence-electron chi connectivity index (χ4n) is 5.16. The van der Waals surface area contributed by atoms with E-state index in [0.29, 0.717) is 0 Å². The van der Waals surface area contributed by atoms with E-state index >= 15 is 0 Å². The van der Waals surface area contributed by atoms with Gasteiger partial charge in [-0.25, -0.2) is 0 Å². The molecule has 5 rings (SSSR count). The average Bonchev–Trinajstić information content (AvgIpc) is 3.10. The van der Waals surface area contributed by atoms with Crippen LogP contribution in [0.15, 0.2) is 110 Å². The fourth-order valence-corrected chi connectivity index (χ4v) is 5.16. The Balaban J connectivity index is 1.73. The summed E-state index contributed by atoms with van der Waals surface area (Å²) in [7, 11) is -0.519. The van der Waals surface area contributed by atoms with Gasteiger partial charge < -0.3 is 14.0 Å². The molecule has 0 spiro atoms. The lowest BCUT2D eigenvalue weighted by Crippen LogP contribution is -2.41. The molecule has 0 amide bonds. The molecule has 3 nitrogen and oxygen atoms in total. The number of para-hydroxylation sites is 2. The number of ether oxygens (including phenoxy) is 1. The molecule has 0 aliphatic carbocycles. The summed E-state index contributed by atoms with van der Waals surface area (Å²) in [5.41, 5.74) is 3.06. The summed E-state index contributed by atoms with van der Waals surface area (Å²) >= 11 is 0. The van der Waals surface area contributed by atoms with Crippen molar-refractivity contribution in [3.05, 3.63) is 126 Å². The van der Waals surface area contributed by atoms with Crippen molar-refractivity contribution in [1.82, 2.24) is 0 Å². The van der Waals surface area contributed by atoms with Gasteiger partial charge in [-0.05, 0) is 45.7 Å². The molecule has 1 saturated heterocycles. The van der Waals surface area contributed by atoms with Crippen LogP contribution in [0.2, 0.25) is 0 Å². The van der Waals surface area contributed by atoms with Crippen LogP contribution in [0.5, 0.6) is 11.5 Å². The molecule has 0 saturated carbocycles. The second kappa shape index (κ2) is 9.27. The maximum Gasteiger partial charge on any atom is 0.498 e.